The Labute approximate surface area is 112 Å². The molecule has 0 spiro atoms. The van der Waals surface area contributed by atoms with Crippen LogP contribution in [-0.2, 0) is 22.4 Å². The van der Waals surface area contributed by atoms with E-state index in [-0.39, 0.29) is 114 Å². The fourth-order valence-electron chi connectivity index (χ4n) is 0. The molecule has 1 radical (unpaired) electrons. The molecule has 0 atom stereocenters. The van der Waals surface area contributed by atoms with Gasteiger partial charge in [-0.3, -0.25) is 0 Å². The van der Waals surface area contributed by atoms with Crippen LogP contribution in [0.2, 0.25) is 0 Å². The molecule has 0 saturated carbocycles. The quantitative estimate of drug-likeness (QED) is 0.392. The van der Waals surface area contributed by atoms with E-state index >= 15 is 0 Å². The summed E-state index contributed by atoms with van der Waals surface area (Å²) in [7, 11) is 0. The Hall–Kier alpha value is 2.82. The maximum absolute atomic E-state index is 0. The third kappa shape index (κ3) is 67.8. The van der Waals surface area contributed by atoms with Crippen LogP contribution >= 0.6 is 49.6 Å². The summed E-state index contributed by atoms with van der Waals surface area (Å²) in [6.45, 7) is 0. The predicted octanol–water partition coefficient (Wildman–Crippen LogP) is -2.85. The predicted molar refractivity (Wildman–Crippen MR) is 37.3 cm³/mol. The molecule has 0 bridgehead atoms. The van der Waals surface area contributed by atoms with E-state index in [9.17, 15) is 0 Å². The molecular formula is H9AuCl4NaO2. The molecule has 61 valence electrons. The first-order chi connectivity index (χ1) is 0. The zero-order chi connectivity index (χ0) is 0. The van der Waals surface area contributed by atoms with Crippen molar-refractivity contribution in [3.8, 4) is 0 Å². The van der Waals surface area contributed by atoms with Crippen molar-refractivity contribution in [3.05, 3.63) is 0 Å². The molecule has 0 aliphatic rings. The van der Waals surface area contributed by atoms with E-state index in [2.05, 4.69) is 0 Å². The van der Waals surface area contributed by atoms with Gasteiger partial charge in [-0.15, -0.1) is 49.6 Å². The van der Waals surface area contributed by atoms with Crippen LogP contribution in [0.5, 0.6) is 0 Å². The monoisotopic (exact) mass is 401 g/mol. The van der Waals surface area contributed by atoms with Crippen molar-refractivity contribution in [2.45, 2.75) is 0 Å². The Kier molecular flexibility index (Phi) is 1580. The minimum atomic E-state index is 0. The maximum atomic E-state index is 0. The Bertz CT molecular complexity index is 18.5. The second-order valence-electron chi connectivity index (χ2n) is 0. The molecule has 0 aliphatic heterocycles. The van der Waals surface area contributed by atoms with Gasteiger partial charge in [-0.05, 0) is 0 Å². The van der Waals surface area contributed by atoms with Gasteiger partial charge in [0.05, 0.1) is 0 Å². The molecule has 0 amide bonds. The second kappa shape index (κ2) is 96.1. The number of halogens is 4. The van der Waals surface area contributed by atoms with Gasteiger partial charge >= 0.3 is 29.6 Å². The van der Waals surface area contributed by atoms with Crippen LogP contribution < -0.4 is 29.6 Å². The first-order valence-electron chi connectivity index (χ1n) is 0. The molecule has 2 nitrogen and oxygen atoms in total. The zero-order valence-corrected chi connectivity index (χ0v) is 11.4. The van der Waals surface area contributed by atoms with E-state index in [1.807, 2.05) is 0 Å². The largest absolute Gasteiger partial charge is 1.00 e. The molecule has 0 unspecified atom stereocenters. The van der Waals surface area contributed by atoms with Crippen molar-refractivity contribution in [1.82, 2.24) is 0 Å². The van der Waals surface area contributed by atoms with E-state index in [0.717, 1.165) is 0 Å². The molecule has 0 aromatic carbocycles. The first-order valence-corrected chi connectivity index (χ1v) is 0. The summed E-state index contributed by atoms with van der Waals surface area (Å²) < 4.78 is 0. The van der Waals surface area contributed by atoms with Crippen LogP contribution in [-0.4, -0.2) is 11.0 Å². The van der Waals surface area contributed by atoms with Crippen molar-refractivity contribution < 1.29 is 64.3 Å². The maximum Gasteiger partial charge on any atom is 1.00 e. The first kappa shape index (κ1) is 131. The van der Waals surface area contributed by atoms with Gasteiger partial charge < -0.3 is 12.4 Å². The number of hydrogen-bond donors (Lipinski definition) is 0. The molecule has 8 heteroatoms. The van der Waals surface area contributed by atoms with Crippen LogP contribution in [0.25, 0.3) is 0 Å². The van der Waals surface area contributed by atoms with Crippen molar-refractivity contribution >= 4 is 49.6 Å². The summed E-state index contributed by atoms with van der Waals surface area (Å²) in [4.78, 5) is 0. The van der Waals surface area contributed by atoms with Crippen LogP contribution in [0, 0.1) is 0 Å². The third-order valence-electron chi connectivity index (χ3n) is 0. The fraction of sp³-hybridized carbons (Fsp3) is 0. The Morgan fingerprint density at radius 1 is 0.625 bits per heavy atom. The molecule has 0 aliphatic carbocycles. The topological polar surface area (TPSA) is 63.0 Å². The SMILES string of the molecule is Cl.Cl.Cl.Cl.O.O.[Au].[H-].[Na+]. The Balaban J connectivity index is 0. The minimum absolute atomic E-state index is 0. The minimum Gasteiger partial charge on any atom is -1.00 e. The van der Waals surface area contributed by atoms with Gasteiger partial charge in [0.15, 0.2) is 0 Å². The number of hydrogen-bond acceptors (Lipinski definition) is 0. The van der Waals surface area contributed by atoms with E-state index in [1.165, 1.54) is 0 Å². The van der Waals surface area contributed by atoms with Gasteiger partial charge in [0.25, 0.3) is 0 Å². The van der Waals surface area contributed by atoms with E-state index in [1.54, 1.807) is 0 Å². The summed E-state index contributed by atoms with van der Waals surface area (Å²) in [6, 6.07) is 0. The molecule has 0 aromatic rings. The van der Waals surface area contributed by atoms with Crippen LogP contribution in [0.4, 0.5) is 0 Å². The standard InChI is InChI=1S/Au.4ClH.Na.2H2O.H/h;4*1H;;2*1H2;/q;;;;;+1;;;-1. The normalized spacial score (nSPS) is 0. The number of rotatable bonds is 0. The van der Waals surface area contributed by atoms with Crippen LogP contribution in [0.3, 0.4) is 0 Å². The van der Waals surface area contributed by atoms with Gasteiger partial charge in [0, 0.05) is 22.4 Å². The third-order valence-corrected chi connectivity index (χ3v) is 0. The van der Waals surface area contributed by atoms with E-state index in [0.29, 0.717) is 0 Å². The molecule has 4 N–H and O–H groups in total. The molecule has 0 saturated heterocycles. The molecule has 0 fully saturated rings. The van der Waals surface area contributed by atoms with Crippen molar-refractivity contribution in [2.24, 2.45) is 0 Å². The van der Waals surface area contributed by atoms with Gasteiger partial charge in [-0.25, -0.2) is 0 Å². The molecular weight excluding hydrogens is 394 g/mol. The second-order valence-corrected chi connectivity index (χ2v) is 0. The van der Waals surface area contributed by atoms with Crippen molar-refractivity contribution in [1.29, 1.82) is 0 Å². The smallest absolute Gasteiger partial charge is 1.00 e. The molecule has 0 rings (SSSR count). The van der Waals surface area contributed by atoms with Gasteiger partial charge in [0.1, 0.15) is 0 Å². The van der Waals surface area contributed by atoms with Crippen molar-refractivity contribution in [2.75, 3.05) is 0 Å². The van der Waals surface area contributed by atoms with Gasteiger partial charge in [-0.1, -0.05) is 0 Å². The Morgan fingerprint density at radius 2 is 0.625 bits per heavy atom. The average Bonchev–Trinajstić information content (AvgIpc) is 0. The molecule has 0 aromatic heterocycles. The average molecular weight is 403 g/mol. The zero-order valence-electron chi connectivity index (χ0n) is 4.93. The fourth-order valence-corrected chi connectivity index (χ4v) is 0. The summed E-state index contributed by atoms with van der Waals surface area (Å²) in [6.07, 6.45) is 0. The summed E-state index contributed by atoms with van der Waals surface area (Å²) in [5.41, 5.74) is 0. The summed E-state index contributed by atoms with van der Waals surface area (Å²) >= 11 is 0. The Morgan fingerprint density at radius 3 is 0.625 bits per heavy atom. The summed E-state index contributed by atoms with van der Waals surface area (Å²) in [5, 5.41) is 0. The van der Waals surface area contributed by atoms with Crippen LogP contribution in [0.1, 0.15) is 1.43 Å². The summed E-state index contributed by atoms with van der Waals surface area (Å²) in [5.74, 6) is 0. The van der Waals surface area contributed by atoms with Crippen molar-refractivity contribution in [3.63, 3.8) is 0 Å². The molecule has 0 heterocycles. The van der Waals surface area contributed by atoms with Gasteiger partial charge in [0.2, 0.25) is 0 Å². The molecule has 8 heavy (non-hydrogen) atoms. The van der Waals surface area contributed by atoms with E-state index < -0.39 is 0 Å². The van der Waals surface area contributed by atoms with Gasteiger partial charge in [-0.2, -0.15) is 0 Å². The van der Waals surface area contributed by atoms with Crippen LogP contribution in [0.15, 0.2) is 0 Å². The van der Waals surface area contributed by atoms with E-state index in [4.69, 9.17) is 0 Å².